The van der Waals surface area contributed by atoms with Gasteiger partial charge in [0.15, 0.2) is 11.6 Å². The third-order valence-electron chi connectivity index (χ3n) is 7.34. The van der Waals surface area contributed by atoms with Crippen LogP contribution in [0.4, 0.5) is 15.9 Å². The first kappa shape index (κ1) is 32.1. The molecular formula is C32H31Cl2FN6O4. The van der Waals surface area contributed by atoms with Gasteiger partial charge < -0.3 is 31.1 Å². The number of carboxylic acid groups (broad SMARTS) is 1. The third-order valence-corrected chi connectivity index (χ3v) is 8.13. The van der Waals surface area contributed by atoms with Crippen molar-refractivity contribution >= 4 is 46.6 Å². The van der Waals surface area contributed by atoms with Crippen LogP contribution in [0.5, 0.6) is 5.75 Å². The molecular weight excluding hydrogens is 622 g/mol. The summed E-state index contributed by atoms with van der Waals surface area (Å²) < 4.78 is 20.8. The SMILES string of the molecule is COc1cc(-c2nccc(-c3cccc(Nc4nccc(CNCC(=O)O)c4F)c3Cl)c2Cl)ccc1CNC[C@H]1CCC(=O)N1. The summed E-state index contributed by atoms with van der Waals surface area (Å²) in [5.41, 5.74) is 4.10. The molecule has 1 amide bonds. The van der Waals surface area contributed by atoms with Crippen LogP contribution >= 0.6 is 23.2 Å². The van der Waals surface area contributed by atoms with Crippen LogP contribution in [0.3, 0.4) is 0 Å². The minimum atomic E-state index is -1.04. The van der Waals surface area contributed by atoms with E-state index in [1.54, 1.807) is 37.6 Å². The number of anilines is 2. The van der Waals surface area contributed by atoms with Gasteiger partial charge in [0.25, 0.3) is 0 Å². The van der Waals surface area contributed by atoms with Gasteiger partial charge in [-0.2, -0.15) is 0 Å². The van der Waals surface area contributed by atoms with Crippen molar-refractivity contribution < 1.29 is 23.8 Å². The molecule has 1 aliphatic heterocycles. The highest BCUT2D eigenvalue weighted by atomic mass is 35.5. The summed E-state index contributed by atoms with van der Waals surface area (Å²) in [6.07, 6.45) is 4.44. The monoisotopic (exact) mass is 652 g/mol. The van der Waals surface area contributed by atoms with Crippen LogP contribution in [-0.4, -0.2) is 53.2 Å². The van der Waals surface area contributed by atoms with Crippen molar-refractivity contribution in [2.75, 3.05) is 25.5 Å². The summed E-state index contributed by atoms with van der Waals surface area (Å²) in [4.78, 5) is 30.9. The van der Waals surface area contributed by atoms with Crippen molar-refractivity contribution in [1.82, 2.24) is 25.9 Å². The molecule has 234 valence electrons. The number of benzene rings is 2. The Kier molecular flexibility index (Phi) is 10.5. The first-order valence-corrected chi connectivity index (χ1v) is 14.9. The van der Waals surface area contributed by atoms with Crippen LogP contribution in [0, 0.1) is 5.82 Å². The molecule has 0 spiro atoms. The quantitative estimate of drug-likeness (QED) is 0.126. The first-order chi connectivity index (χ1) is 21.7. The van der Waals surface area contributed by atoms with Gasteiger partial charge in [0.2, 0.25) is 5.91 Å². The van der Waals surface area contributed by atoms with E-state index in [0.717, 1.165) is 17.5 Å². The summed E-state index contributed by atoms with van der Waals surface area (Å²) in [7, 11) is 1.60. The molecule has 13 heteroatoms. The molecule has 10 nitrogen and oxygen atoms in total. The van der Waals surface area contributed by atoms with E-state index in [1.165, 1.54) is 12.3 Å². The average Bonchev–Trinajstić information content (AvgIpc) is 3.45. The number of nitrogens with one attached hydrogen (secondary N) is 4. The lowest BCUT2D eigenvalue weighted by Crippen LogP contribution is -2.35. The second kappa shape index (κ2) is 14.7. The maximum atomic E-state index is 15.2. The molecule has 1 fully saturated rings. The maximum Gasteiger partial charge on any atom is 0.317 e. The molecule has 5 N–H and O–H groups in total. The molecule has 0 saturated carbocycles. The number of carboxylic acids is 1. The van der Waals surface area contributed by atoms with Crippen LogP contribution in [-0.2, 0) is 22.7 Å². The summed E-state index contributed by atoms with van der Waals surface area (Å²) in [5.74, 6) is -0.975. The van der Waals surface area contributed by atoms with Gasteiger partial charge in [0, 0.05) is 72.3 Å². The fourth-order valence-electron chi connectivity index (χ4n) is 5.08. The van der Waals surface area contributed by atoms with E-state index in [0.29, 0.717) is 57.8 Å². The first-order valence-electron chi connectivity index (χ1n) is 14.2. The second-order valence-electron chi connectivity index (χ2n) is 10.4. The fourth-order valence-corrected chi connectivity index (χ4v) is 5.68. The van der Waals surface area contributed by atoms with E-state index < -0.39 is 11.8 Å². The van der Waals surface area contributed by atoms with Crippen LogP contribution in [0.2, 0.25) is 10.0 Å². The van der Waals surface area contributed by atoms with Crippen molar-refractivity contribution in [3.63, 3.8) is 0 Å². The number of carbonyl (C=O) groups excluding carboxylic acids is 1. The number of hydrogen-bond donors (Lipinski definition) is 5. The predicted molar refractivity (Wildman–Crippen MR) is 171 cm³/mol. The minimum absolute atomic E-state index is 0.0148. The molecule has 4 aromatic rings. The smallest absolute Gasteiger partial charge is 0.317 e. The van der Waals surface area contributed by atoms with Gasteiger partial charge in [-0.05, 0) is 30.7 Å². The minimum Gasteiger partial charge on any atom is -0.496 e. The number of ether oxygens (including phenoxy) is 1. The number of methoxy groups -OCH3 is 1. The molecule has 1 aliphatic rings. The van der Waals surface area contributed by atoms with Gasteiger partial charge in [0.05, 0.1) is 35.1 Å². The van der Waals surface area contributed by atoms with E-state index in [9.17, 15) is 9.59 Å². The topological polar surface area (TPSA) is 138 Å². The van der Waals surface area contributed by atoms with Crippen LogP contribution in [0.1, 0.15) is 24.0 Å². The van der Waals surface area contributed by atoms with Gasteiger partial charge >= 0.3 is 5.97 Å². The maximum absolute atomic E-state index is 15.2. The van der Waals surface area contributed by atoms with E-state index in [1.807, 2.05) is 18.2 Å². The van der Waals surface area contributed by atoms with Gasteiger partial charge in [-0.25, -0.2) is 9.37 Å². The standard InChI is InChI=1S/C32H31Cl2FN6O4/c1-45-25-13-18(5-6-19(25)14-36-16-21-7-8-26(42)40-21)31-29(34)23(10-12-38-31)22-3-2-4-24(28(22)33)41-32-30(35)20(9-11-39-32)15-37-17-27(43)44/h2-6,9-13,21,36-37H,7-8,14-17H2,1H3,(H,39,41)(H,40,42)(H,43,44)/t21-/m1/s1. The number of nitrogens with zero attached hydrogens (tertiary/aromatic N) is 2. The van der Waals surface area contributed by atoms with Crippen molar-refractivity contribution in [1.29, 1.82) is 0 Å². The molecule has 1 atom stereocenters. The molecule has 5 rings (SSSR count). The lowest BCUT2D eigenvalue weighted by Gasteiger charge is -2.16. The zero-order valence-corrected chi connectivity index (χ0v) is 25.8. The molecule has 0 unspecified atom stereocenters. The molecule has 0 aliphatic carbocycles. The van der Waals surface area contributed by atoms with Gasteiger partial charge in [-0.1, -0.05) is 47.5 Å². The number of aliphatic carboxylic acids is 1. The van der Waals surface area contributed by atoms with Crippen molar-refractivity contribution in [2.45, 2.75) is 32.0 Å². The summed E-state index contributed by atoms with van der Waals surface area (Å²) in [6.45, 7) is 0.937. The lowest BCUT2D eigenvalue weighted by atomic mass is 10.0. The van der Waals surface area contributed by atoms with Crippen LogP contribution in [0.15, 0.2) is 60.9 Å². The largest absolute Gasteiger partial charge is 0.496 e. The fraction of sp³-hybridized carbons (Fsp3) is 0.250. The number of halogens is 3. The number of hydrogen-bond acceptors (Lipinski definition) is 8. The Morgan fingerprint density at radius 2 is 1.82 bits per heavy atom. The Hall–Kier alpha value is -4.29. The Balaban J connectivity index is 1.36. The van der Waals surface area contributed by atoms with Gasteiger partial charge in [0.1, 0.15) is 5.75 Å². The van der Waals surface area contributed by atoms with E-state index >= 15 is 4.39 Å². The van der Waals surface area contributed by atoms with Crippen molar-refractivity contribution in [3.8, 4) is 28.1 Å². The van der Waals surface area contributed by atoms with Crippen molar-refractivity contribution in [2.24, 2.45) is 0 Å². The molecule has 3 heterocycles. The zero-order chi connectivity index (χ0) is 31.9. The second-order valence-corrected chi connectivity index (χ2v) is 11.2. The van der Waals surface area contributed by atoms with Crippen LogP contribution < -0.4 is 26.0 Å². The Morgan fingerprint density at radius 1 is 1.04 bits per heavy atom. The number of carbonyl (C=O) groups is 2. The highest BCUT2D eigenvalue weighted by Crippen LogP contribution is 2.41. The number of rotatable bonds is 13. The molecule has 1 saturated heterocycles. The zero-order valence-electron chi connectivity index (χ0n) is 24.3. The molecule has 0 radical (unpaired) electrons. The Bertz CT molecular complexity index is 1720. The average molecular weight is 654 g/mol. The third kappa shape index (κ3) is 7.69. The number of amides is 1. The predicted octanol–water partition coefficient (Wildman–Crippen LogP) is 5.55. The van der Waals surface area contributed by atoms with Crippen molar-refractivity contribution in [3.05, 3.63) is 87.9 Å². The van der Waals surface area contributed by atoms with E-state index in [-0.39, 0.29) is 36.4 Å². The normalized spacial score (nSPS) is 14.3. The Labute approximate surface area is 269 Å². The number of aromatic nitrogens is 2. The Morgan fingerprint density at radius 3 is 2.58 bits per heavy atom. The summed E-state index contributed by atoms with van der Waals surface area (Å²) >= 11 is 13.8. The molecule has 0 bridgehead atoms. The van der Waals surface area contributed by atoms with E-state index in [2.05, 4.69) is 31.2 Å². The molecule has 2 aromatic carbocycles. The van der Waals surface area contributed by atoms with Crippen LogP contribution in [0.25, 0.3) is 22.4 Å². The molecule has 45 heavy (non-hydrogen) atoms. The highest BCUT2D eigenvalue weighted by molar-refractivity contribution is 6.39. The number of pyridine rings is 2. The van der Waals surface area contributed by atoms with E-state index in [4.69, 9.17) is 33.0 Å². The lowest BCUT2D eigenvalue weighted by molar-refractivity contribution is -0.136. The summed E-state index contributed by atoms with van der Waals surface area (Å²) in [6, 6.07) is 14.3. The highest BCUT2D eigenvalue weighted by Gasteiger charge is 2.21. The van der Waals surface area contributed by atoms with Gasteiger partial charge in [-0.3, -0.25) is 14.6 Å². The summed E-state index contributed by atoms with van der Waals surface area (Å²) in [5, 5.41) is 21.4. The molecule has 2 aromatic heterocycles. The van der Waals surface area contributed by atoms with Gasteiger partial charge in [-0.15, -0.1) is 0 Å².